The van der Waals surface area contributed by atoms with Crippen molar-refractivity contribution in [2.75, 3.05) is 11.9 Å². The fourth-order valence-corrected chi connectivity index (χ4v) is 1.78. The molecule has 0 amide bonds. The molecule has 1 heterocycles. The maximum atomic E-state index is 12.7. The monoisotopic (exact) mass is 255 g/mol. The first-order valence-electron chi connectivity index (χ1n) is 5.52. The lowest BCUT2D eigenvalue weighted by Gasteiger charge is -2.12. The van der Waals surface area contributed by atoms with Crippen LogP contribution >= 0.6 is 0 Å². The third-order valence-corrected chi connectivity index (χ3v) is 2.53. The van der Waals surface area contributed by atoms with Crippen molar-refractivity contribution in [2.45, 2.75) is 20.0 Å². The van der Waals surface area contributed by atoms with E-state index in [-0.39, 0.29) is 5.82 Å². The average Bonchev–Trinajstić information content (AvgIpc) is 2.28. The lowest BCUT2D eigenvalue weighted by Crippen LogP contribution is -2.14. The molecular formula is C12H12F3N3. The van der Waals surface area contributed by atoms with Gasteiger partial charge in [-0.15, -0.1) is 0 Å². The van der Waals surface area contributed by atoms with Crippen LogP contribution in [0.4, 0.5) is 19.0 Å². The summed E-state index contributed by atoms with van der Waals surface area (Å²) < 4.78 is 38.1. The number of nitrogens with one attached hydrogen (secondary N) is 1. The van der Waals surface area contributed by atoms with Crippen molar-refractivity contribution < 1.29 is 13.2 Å². The second-order valence-electron chi connectivity index (χ2n) is 3.89. The van der Waals surface area contributed by atoms with Gasteiger partial charge >= 0.3 is 6.18 Å². The molecule has 3 nitrogen and oxygen atoms in total. The fourth-order valence-electron chi connectivity index (χ4n) is 1.78. The largest absolute Gasteiger partial charge is 0.451 e. The Bertz CT molecular complexity index is 579. The SMILES string of the molecule is CCNc1nc(C(F)(F)F)nc2cccc(C)c12. The Balaban J connectivity index is 2.75. The Morgan fingerprint density at radius 3 is 2.56 bits per heavy atom. The second-order valence-corrected chi connectivity index (χ2v) is 3.89. The fraction of sp³-hybridized carbons (Fsp3) is 0.333. The van der Waals surface area contributed by atoms with Crippen molar-refractivity contribution in [1.29, 1.82) is 0 Å². The highest BCUT2D eigenvalue weighted by Gasteiger charge is 2.35. The van der Waals surface area contributed by atoms with Crippen molar-refractivity contribution in [2.24, 2.45) is 0 Å². The van der Waals surface area contributed by atoms with E-state index in [2.05, 4.69) is 15.3 Å². The minimum atomic E-state index is -4.54. The molecule has 1 aromatic carbocycles. The number of anilines is 1. The average molecular weight is 255 g/mol. The Morgan fingerprint density at radius 2 is 1.94 bits per heavy atom. The smallest absolute Gasteiger partial charge is 0.370 e. The maximum absolute atomic E-state index is 12.7. The zero-order chi connectivity index (χ0) is 13.3. The molecule has 0 unspecified atom stereocenters. The zero-order valence-electron chi connectivity index (χ0n) is 9.97. The molecule has 0 saturated carbocycles. The number of aryl methyl sites for hydroxylation is 1. The van der Waals surface area contributed by atoms with E-state index < -0.39 is 12.0 Å². The Kier molecular flexibility index (Phi) is 3.11. The summed E-state index contributed by atoms with van der Waals surface area (Å²) in [6, 6.07) is 5.06. The minimum absolute atomic E-state index is 0.230. The van der Waals surface area contributed by atoms with Gasteiger partial charge in [0.25, 0.3) is 0 Å². The predicted octanol–water partition coefficient (Wildman–Crippen LogP) is 3.39. The molecule has 6 heteroatoms. The van der Waals surface area contributed by atoms with Crippen LogP contribution in [-0.4, -0.2) is 16.5 Å². The number of aromatic nitrogens is 2. The van der Waals surface area contributed by atoms with Crippen LogP contribution < -0.4 is 5.32 Å². The standard InChI is InChI=1S/C12H12F3N3/c1-3-16-10-9-7(2)5-4-6-8(9)17-11(18-10)12(13,14)15/h4-6H,3H2,1-2H3,(H,16,17,18). The van der Waals surface area contributed by atoms with Gasteiger partial charge in [0.05, 0.1) is 5.52 Å². The van der Waals surface area contributed by atoms with Gasteiger partial charge in [-0.1, -0.05) is 12.1 Å². The van der Waals surface area contributed by atoms with Crippen molar-refractivity contribution in [1.82, 2.24) is 9.97 Å². The molecule has 0 aliphatic carbocycles. The molecule has 0 spiro atoms. The molecule has 0 atom stereocenters. The molecular weight excluding hydrogens is 243 g/mol. The molecule has 96 valence electrons. The number of hydrogen-bond donors (Lipinski definition) is 1. The van der Waals surface area contributed by atoms with Crippen molar-refractivity contribution in [3.05, 3.63) is 29.6 Å². The summed E-state index contributed by atoms with van der Waals surface area (Å²) in [5.74, 6) is -0.885. The van der Waals surface area contributed by atoms with Gasteiger partial charge in [0.1, 0.15) is 5.82 Å². The van der Waals surface area contributed by atoms with Gasteiger partial charge in [-0.2, -0.15) is 13.2 Å². The summed E-state index contributed by atoms with van der Waals surface area (Å²) in [5.41, 5.74) is 1.14. The highest BCUT2D eigenvalue weighted by molar-refractivity contribution is 5.92. The summed E-state index contributed by atoms with van der Waals surface area (Å²) in [6.45, 7) is 4.12. The Labute approximate surface area is 102 Å². The minimum Gasteiger partial charge on any atom is -0.370 e. The number of nitrogens with zero attached hydrogens (tertiary/aromatic N) is 2. The first kappa shape index (κ1) is 12.6. The molecule has 0 aliphatic heterocycles. The number of fused-ring (bicyclic) bond motifs is 1. The molecule has 0 radical (unpaired) electrons. The van der Waals surface area contributed by atoms with Crippen LogP contribution in [0.2, 0.25) is 0 Å². The highest BCUT2D eigenvalue weighted by atomic mass is 19.4. The molecule has 1 N–H and O–H groups in total. The molecule has 1 aromatic heterocycles. The van der Waals surface area contributed by atoms with E-state index in [0.717, 1.165) is 5.56 Å². The van der Waals surface area contributed by atoms with Crippen molar-refractivity contribution >= 4 is 16.7 Å². The van der Waals surface area contributed by atoms with Crippen molar-refractivity contribution in [3.8, 4) is 0 Å². The lowest BCUT2D eigenvalue weighted by atomic mass is 10.1. The predicted molar refractivity (Wildman–Crippen MR) is 63.4 cm³/mol. The first-order valence-corrected chi connectivity index (χ1v) is 5.52. The van der Waals surface area contributed by atoms with E-state index in [1.165, 1.54) is 0 Å². The van der Waals surface area contributed by atoms with Crippen LogP contribution in [0.5, 0.6) is 0 Å². The lowest BCUT2D eigenvalue weighted by molar-refractivity contribution is -0.144. The number of hydrogen-bond acceptors (Lipinski definition) is 3. The van der Waals surface area contributed by atoms with Gasteiger partial charge in [0, 0.05) is 11.9 Å². The molecule has 18 heavy (non-hydrogen) atoms. The number of alkyl halides is 3. The summed E-state index contributed by atoms with van der Waals surface area (Å²) in [5, 5.41) is 3.48. The van der Waals surface area contributed by atoms with E-state index in [1.54, 1.807) is 19.1 Å². The van der Waals surface area contributed by atoms with Crippen LogP contribution in [0.3, 0.4) is 0 Å². The van der Waals surface area contributed by atoms with E-state index in [1.807, 2.05) is 13.0 Å². The third kappa shape index (κ3) is 2.23. The van der Waals surface area contributed by atoms with Gasteiger partial charge in [-0.05, 0) is 25.5 Å². The van der Waals surface area contributed by atoms with Crippen LogP contribution in [-0.2, 0) is 6.18 Å². The Morgan fingerprint density at radius 1 is 1.22 bits per heavy atom. The summed E-state index contributed by atoms with van der Waals surface area (Å²) in [6.07, 6.45) is -4.54. The zero-order valence-corrected chi connectivity index (χ0v) is 9.97. The van der Waals surface area contributed by atoms with Gasteiger partial charge in [0.15, 0.2) is 0 Å². The van der Waals surface area contributed by atoms with E-state index in [9.17, 15) is 13.2 Å². The molecule has 2 rings (SSSR count). The van der Waals surface area contributed by atoms with E-state index in [0.29, 0.717) is 17.4 Å². The molecule has 2 aromatic rings. The van der Waals surface area contributed by atoms with Gasteiger partial charge in [-0.25, -0.2) is 9.97 Å². The van der Waals surface area contributed by atoms with Crippen molar-refractivity contribution in [3.63, 3.8) is 0 Å². The van der Waals surface area contributed by atoms with Gasteiger partial charge in [-0.3, -0.25) is 0 Å². The van der Waals surface area contributed by atoms with Crippen LogP contribution in [0, 0.1) is 6.92 Å². The number of rotatable bonds is 2. The number of halogens is 3. The topological polar surface area (TPSA) is 37.8 Å². The van der Waals surface area contributed by atoms with Crippen LogP contribution in [0.15, 0.2) is 18.2 Å². The molecule has 0 bridgehead atoms. The van der Waals surface area contributed by atoms with Gasteiger partial charge in [0.2, 0.25) is 5.82 Å². The van der Waals surface area contributed by atoms with Gasteiger partial charge < -0.3 is 5.32 Å². The summed E-state index contributed by atoms with van der Waals surface area (Å²) >= 11 is 0. The molecule has 0 saturated heterocycles. The first-order chi connectivity index (χ1) is 8.43. The molecule has 0 aliphatic rings. The quantitative estimate of drug-likeness (QED) is 0.893. The second kappa shape index (κ2) is 4.44. The Hall–Kier alpha value is -1.85. The molecule has 0 fully saturated rings. The van der Waals surface area contributed by atoms with E-state index in [4.69, 9.17) is 0 Å². The van der Waals surface area contributed by atoms with Crippen LogP contribution in [0.1, 0.15) is 18.3 Å². The highest BCUT2D eigenvalue weighted by Crippen LogP contribution is 2.31. The normalized spacial score (nSPS) is 11.8. The van der Waals surface area contributed by atoms with E-state index >= 15 is 0 Å². The number of benzene rings is 1. The third-order valence-electron chi connectivity index (χ3n) is 2.53. The summed E-state index contributed by atoms with van der Waals surface area (Å²) in [7, 11) is 0. The maximum Gasteiger partial charge on any atom is 0.451 e. The summed E-state index contributed by atoms with van der Waals surface area (Å²) in [4.78, 5) is 7.15. The van der Waals surface area contributed by atoms with Crippen LogP contribution in [0.25, 0.3) is 10.9 Å².